The van der Waals surface area contributed by atoms with Gasteiger partial charge in [-0.05, 0) is 49.1 Å². The van der Waals surface area contributed by atoms with Gasteiger partial charge in [-0.15, -0.1) is 0 Å². The summed E-state index contributed by atoms with van der Waals surface area (Å²) in [5.41, 5.74) is 3.05. The highest BCUT2D eigenvalue weighted by molar-refractivity contribution is 6.09. The Labute approximate surface area is 168 Å². The Kier molecular flexibility index (Phi) is 5.01. The monoisotopic (exact) mass is 391 g/mol. The maximum absolute atomic E-state index is 14.0. The number of Topliss-reactive ketones (excluding diaryl/α,β-unsaturated/α-hetero) is 1. The molecule has 0 saturated carbocycles. The second kappa shape index (κ2) is 7.62. The van der Waals surface area contributed by atoms with Crippen molar-refractivity contribution in [3.05, 3.63) is 82.6 Å². The summed E-state index contributed by atoms with van der Waals surface area (Å²) in [7, 11) is 0. The van der Waals surface area contributed by atoms with Gasteiger partial charge < -0.3 is 10.6 Å². The number of hydrogen-bond donors (Lipinski definition) is 2. The highest BCUT2D eigenvalue weighted by Gasteiger charge is 2.39. The Bertz CT molecular complexity index is 1040. The number of nitrogens with zero attached hydrogens (tertiary/aromatic N) is 1. The van der Waals surface area contributed by atoms with Gasteiger partial charge in [0, 0.05) is 41.1 Å². The summed E-state index contributed by atoms with van der Waals surface area (Å²) in [4.78, 5) is 30.3. The van der Waals surface area contributed by atoms with E-state index in [0.29, 0.717) is 34.6 Å². The number of anilines is 1. The van der Waals surface area contributed by atoms with E-state index in [1.807, 2.05) is 13.8 Å². The van der Waals surface area contributed by atoms with Gasteiger partial charge in [-0.3, -0.25) is 9.59 Å². The van der Waals surface area contributed by atoms with Gasteiger partial charge in [0.15, 0.2) is 5.78 Å². The highest BCUT2D eigenvalue weighted by atomic mass is 19.1. The van der Waals surface area contributed by atoms with Crippen molar-refractivity contribution < 1.29 is 14.0 Å². The molecule has 2 heterocycles. The fourth-order valence-electron chi connectivity index (χ4n) is 4.17. The van der Waals surface area contributed by atoms with Crippen LogP contribution in [-0.4, -0.2) is 16.7 Å². The molecule has 29 heavy (non-hydrogen) atoms. The normalized spacial score (nSPS) is 21.6. The quantitative estimate of drug-likeness (QED) is 0.827. The maximum atomic E-state index is 14.0. The fourth-order valence-corrected chi connectivity index (χ4v) is 4.17. The summed E-state index contributed by atoms with van der Waals surface area (Å²) in [5, 5.41) is 6.07. The molecule has 1 amide bonds. The van der Waals surface area contributed by atoms with Crippen LogP contribution in [0.1, 0.15) is 38.2 Å². The van der Waals surface area contributed by atoms with Crippen LogP contribution in [0.25, 0.3) is 0 Å². The van der Waals surface area contributed by atoms with Gasteiger partial charge in [-0.2, -0.15) is 0 Å². The predicted molar refractivity (Wildman–Crippen MR) is 108 cm³/mol. The predicted octanol–water partition coefficient (Wildman–Crippen LogP) is 4.07. The van der Waals surface area contributed by atoms with Crippen LogP contribution in [0.2, 0.25) is 0 Å². The van der Waals surface area contributed by atoms with Crippen LogP contribution < -0.4 is 10.6 Å². The average molecular weight is 391 g/mol. The van der Waals surface area contributed by atoms with Crippen LogP contribution in [-0.2, 0) is 9.59 Å². The Morgan fingerprint density at radius 3 is 2.76 bits per heavy atom. The molecule has 1 aliphatic heterocycles. The molecule has 2 aliphatic rings. The minimum Gasteiger partial charge on any atom is -0.362 e. The van der Waals surface area contributed by atoms with Crippen molar-refractivity contribution in [2.45, 2.75) is 32.6 Å². The maximum Gasteiger partial charge on any atom is 0.255 e. The van der Waals surface area contributed by atoms with E-state index in [4.69, 9.17) is 0 Å². The summed E-state index contributed by atoms with van der Waals surface area (Å²) >= 11 is 0. The summed E-state index contributed by atoms with van der Waals surface area (Å²) in [6, 6.07) is 11.3. The molecule has 0 unspecified atom stereocenters. The van der Waals surface area contributed by atoms with Gasteiger partial charge in [-0.25, -0.2) is 9.37 Å². The number of amides is 1. The van der Waals surface area contributed by atoms with E-state index in [9.17, 15) is 14.0 Å². The smallest absolute Gasteiger partial charge is 0.255 e. The number of aromatic nitrogens is 1. The molecule has 0 bridgehead atoms. The standard InChI is InChI=1S/C23H22FN3O2/c1-13-10-17-22(18(28)11-13)21(15-6-5-7-16(24)12-15)20(14(2)26-17)23(29)27-19-8-3-4-9-25-19/h3-9,12-13,21,26H,10-11H2,1-2H3,(H,25,27,29)/t13-,21+/m1/s1. The Balaban J connectivity index is 1.81. The first-order chi connectivity index (χ1) is 13.9. The third-order valence-electron chi connectivity index (χ3n) is 5.36. The lowest BCUT2D eigenvalue weighted by Crippen LogP contribution is -2.37. The molecule has 0 fully saturated rings. The van der Waals surface area contributed by atoms with Crippen LogP contribution in [0.15, 0.2) is 71.2 Å². The fraction of sp³-hybridized carbons (Fsp3) is 0.261. The van der Waals surface area contributed by atoms with Gasteiger partial charge in [0.05, 0.1) is 0 Å². The molecule has 0 saturated heterocycles. The zero-order valence-corrected chi connectivity index (χ0v) is 16.3. The van der Waals surface area contributed by atoms with Crippen LogP contribution in [0.5, 0.6) is 0 Å². The number of hydrogen-bond acceptors (Lipinski definition) is 4. The van der Waals surface area contributed by atoms with E-state index in [-0.39, 0.29) is 17.6 Å². The molecule has 4 rings (SSSR count). The van der Waals surface area contributed by atoms with E-state index in [2.05, 4.69) is 15.6 Å². The van der Waals surface area contributed by atoms with Crippen molar-refractivity contribution in [3.63, 3.8) is 0 Å². The first-order valence-corrected chi connectivity index (χ1v) is 9.66. The van der Waals surface area contributed by atoms with Gasteiger partial charge in [0.25, 0.3) is 5.91 Å². The molecule has 5 nitrogen and oxygen atoms in total. The lowest BCUT2D eigenvalue weighted by atomic mass is 9.73. The summed E-state index contributed by atoms with van der Waals surface area (Å²) in [6.07, 6.45) is 2.73. The zero-order valence-electron chi connectivity index (χ0n) is 16.3. The van der Waals surface area contributed by atoms with Crippen molar-refractivity contribution in [1.29, 1.82) is 0 Å². The van der Waals surface area contributed by atoms with Crippen molar-refractivity contribution in [3.8, 4) is 0 Å². The highest BCUT2D eigenvalue weighted by Crippen LogP contribution is 2.43. The average Bonchev–Trinajstić information content (AvgIpc) is 2.67. The first kappa shape index (κ1) is 19.1. The number of carbonyl (C=O) groups excluding carboxylic acids is 2. The van der Waals surface area contributed by atoms with Crippen LogP contribution >= 0.6 is 0 Å². The topological polar surface area (TPSA) is 71.1 Å². The number of halogens is 1. The molecule has 148 valence electrons. The van der Waals surface area contributed by atoms with Crippen molar-refractivity contribution >= 4 is 17.5 Å². The second-order valence-electron chi connectivity index (χ2n) is 7.65. The molecule has 1 aliphatic carbocycles. The van der Waals surface area contributed by atoms with Gasteiger partial charge in [-0.1, -0.05) is 25.1 Å². The lowest BCUT2D eigenvalue weighted by Gasteiger charge is -2.36. The third kappa shape index (κ3) is 3.70. The zero-order chi connectivity index (χ0) is 20.5. The van der Waals surface area contributed by atoms with Crippen molar-refractivity contribution in [2.24, 2.45) is 5.92 Å². The van der Waals surface area contributed by atoms with Gasteiger partial charge in [0.1, 0.15) is 11.6 Å². The van der Waals surface area contributed by atoms with Gasteiger partial charge in [0.2, 0.25) is 0 Å². The number of pyridine rings is 1. The number of nitrogens with one attached hydrogen (secondary N) is 2. The lowest BCUT2D eigenvalue weighted by molar-refractivity contribution is -0.117. The van der Waals surface area contributed by atoms with Gasteiger partial charge >= 0.3 is 0 Å². The number of allylic oxidation sites excluding steroid dienone is 3. The molecule has 6 heteroatoms. The van der Waals surface area contributed by atoms with E-state index < -0.39 is 11.7 Å². The van der Waals surface area contributed by atoms with Crippen molar-refractivity contribution in [2.75, 3.05) is 5.32 Å². The van der Waals surface area contributed by atoms with E-state index in [1.54, 1.807) is 36.5 Å². The van der Waals surface area contributed by atoms with E-state index in [1.165, 1.54) is 12.1 Å². The molecular formula is C23H22FN3O2. The Hall–Kier alpha value is -3.28. The molecule has 0 spiro atoms. The molecule has 1 aromatic carbocycles. The summed E-state index contributed by atoms with van der Waals surface area (Å²) in [5.74, 6) is -0.748. The Morgan fingerprint density at radius 1 is 1.21 bits per heavy atom. The first-order valence-electron chi connectivity index (χ1n) is 9.66. The van der Waals surface area contributed by atoms with Crippen molar-refractivity contribution in [1.82, 2.24) is 10.3 Å². The largest absolute Gasteiger partial charge is 0.362 e. The minimum absolute atomic E-state index is 0.00357. The molecule has 2 aromatic rings. The van der Waals surface area contributed by atoms with Crippen LogP contribution in [0.4, 0.5) is 10.2 Å². The number of benzene rings is 1. The molecule has 1 aromatic heterocycles. The second-order valence-corrected chi connectivity index (χ2v) is 7.65. The summed E-state index contributed by atoms with van der Waals surface area (Å²) < 4.78 is 14.0. The SMILES string of the molecule is CC1=C(C(=O)Nc2ccccn2)[C@H](c2cccc(F)c2)C2=C(C[C@@H](C)CC2=O)N1. The Morgan fingerprint density at radius 2 is 2.03 bits per heavy atom. The molecule has 0 radical (unpaired) electrons. The minimum atomic E-state index is -0.620. The van der Waals surface area contributed by atoms with Crippen LogP contribution in [0.3, 0.4) is 0 Å². The molecule has 2 atom stereocenters. The van der Waals surface area contributed by atoms with Crippen LogP contribution in [0, 0.1) is 11.7 Å². The number of ketones is 1. The molecule has 2 N–H and O–H groups in total. The third-order valence-corrected chi connectivity index (χ3v) is 5.36. The summed E-state index contributed by atoms with van der Waals surface area (Å²) in [6.45, 7) is 3.84. The molecular weight excluding hydrogens is 369 g/mol. The van der Waals surface area contributed by atoms with E-state index in [0.717, 1.165) is 12.1 Å². The number of dihydropyridines is 1. The van der Waals surface area contributed by atoms with E-state index >= 15 is 0 Å². The number of carbonyl (C=O) groups is 2. The number of rotatable bonds is 3.